The highest BCUT2D eigenvalue weighted by atomic mass is 14.8. The Morgan fingerprint density at radius 3 is 3.06 bits per heavy atom. The topological polar surface area (TPSA) is 24.9 Å². The van der Waals surface area contributed by atoms with Crippen molar-refractivity contribution in [3.8, 4) is 0 Å². The Kier molecular flexibility index (Phi) is 3.56. The van der Waals surface area contributed by atoms with Gasteiger partial charge >= 0.3 is 0 Å². The summed E-state index contributed by atoms with van der Waals surface area (Å²) >= 11 is 0. The van der Waals surface area contributed by atoms with E-state index in [0.717, 1.165) is 11.4 Å². The van der Waals surface area contributed by atoms with Crippen molar-refractivity contribution < 1.29 is 0 Å². The summed E-state index contributed by atoms with van der Waals surface area (Å²) in [6.07, 6.45) is 7.12. The highest BCUT2D eigenvalue weighted by Crippen LogP contribution is 2.23. The standard InChI is InChI=1S/C16H20N2/c1-2-6-16-15(5-1)14(8-11-18-16)12-13-4-3-9-17-10-7-13/h1-2,5-6,8,11,13,17H,3-4,7,9-10,12H2. The number of rotatable bonds is 2. The molecule has 0 radical (unpaired) electrons. The molecule has 18 heavy (non-hydrogen) atoms. The molecule has 1 unspecified atom stereocenters. The molecule has 2 nitrogen and oxygen atoms in total. The summed E-state index contributed by atoms with van der Waals surface area (Å²) in [6, 6.07) is 10.7. The fraction of sp³-hybridized carbons (Fsp3) is 0.438. The first-order valence-electron chi connectivity index (χ1n) is 6.97. The van der Waals surface area contributed by atoms with Crippen LogP contribution in [0.25, 0.3) is 10.9 Å². The van der Waals surface area contributed by atoms with Crippen LogP contribution in [0, 0.1) is 5.92 Å². The smallest absolute Gasteiger partial charge is 0.0704 e. The molecule has 1 atom stereocenters. The van der Waals surface area contributed by atoms with Crippen LogP contribution in [0.1, 0.15) is 24.8 Å². The quantitative estimate of drug-likeness (QED) is 0.872. The minimum Gasteiger partial charge on any atom is -0.317 e. The first kappa shape index (κ1) is 11.7. The number of hydrogen-bond acceptors (Lipinski definition) is 2. The van der Waals surface area contributed by atoms with Gasteiger partial charge in [-0.05, 0) is 62.4 Å². The van der Waals surface area contributed by atoms with Gasteiger partial charge in [-0.2, -0.15) is 0 Å². The predicted molar refractivity (Wildman–Crippen MR) is 75.7 cm³/mol. The maximum Gasteiger partial charge on any atom is 0.0704 e. The van der Waals surface area contributed by atoms with Crippen LogP contribution in [-0.4, -0.2) is 18.1 Å². The number of nitrogens with one attached hydrogen (secondary N) is 1. The van der Waals surface area contributed by atoms with Crippen molar-refractivity contribution in [2.24, 2.45) is 5.92 Å². The molecule has 0 spiro atoms. The van der Waals surface area contributed by atoms with E-state index in [4.69, 9.17) is 0 Å². The highest BCUT2D eigenvalue weighted by Gasteiger charge is 2.13. The molecule has 1 aliphatic rings. The molecule has 3 rings (SSSR count). The number of hydrogen-bond donors (Lipinski definition) is 1. The van der Waals surface area contributed by atoms with E-state index in [2.05, 4.69) is 40.6 Å². The predicted octanol–water partition coefficient (Wildman–Crippen LogP) is 3.17. The second-order valence-electron chi connectivity index (χ2n) is 5.24. The lowest BCUT2D eigenvalue weighted by molar-refractivity contribution is 0.471. The van der Waals surface area contributed by atoms with Gasteiger partial charge in [0.05, 0.1) is 5.52 Å². The van der Waals surface area contributed by atoms with Crippen LogP contribution in [-0.2, 0) is 6.42 Å². The van der Waals surface area contributed by atoms with Crippen molar-refractivity contribution in [2.45, 2.75) is 25.7 Å². The van der Waals surface area contributed by atoms with Gasteiger partial charge in [-0.25, -0.2) is 0 Å². The molecule has 0 bridgehead atoms. The average molecular weight is 240 g/mol. The van der Waals surface area contributed by atoms with Crippen molar-refractivity contribution in [1.82, 2.24) is 10.3 Å². The molecule has 0 aliphatic carbocycles. The fourth-order valence-electron chi connectivity index (χ4n) is 2.94. The minimum absolute atomic E-state index is 0.825. The van der Waals surface area contributed by atoms with Gasteiger partial charge in [-0.15, -0.1) is 0 Å². The second kappa shape index (κ2) is 5.49. The van der Waals surface area contributed by atoms with Gasteiger partial charge in [-0.3, -0.25) is 4.98 Å². The van der Waals surface area contributed by atoms with E-state index in [-0.39, 0.29) is 0 Å². The zero-order valence-electron chi connectivity index (χ0n) is 10.7. The number of para-hydroxylation sites is 1. The minimum atomic E-state index is 0.825. The fourth-order valence-corrected chi connectivity index (χ4v) is 2.94. The Morgan fingerprint density at radius 2 is 2.06 bits per heavy atom. The van der Waals surface area contributed by atoms with Crippen LogP contribution in [0.2, 0.25) is 0 Å². The van der Waals surface area contributed by atoms with Crippen LogP contribution in [0.3, 0.4) is 0 Å². The summed E-state index contributed by atoms with van der Waals surface area (Å²) < 4.78 is 0. The molecule has 2 heteroatoms. The maximum absolute atomic E-state index is 4.44. The molecular weight excluding hydrogens is 220 g/mol. The van der Waals surface area contributed by atoms with Crippen LogP contribution in [0.4, 0.5) is 0 Å². The van der Waals surface area contributed by atoms with Crippen molar-refractivity contribution in [3.63, 3.8) is 0 Å². The average Bonchev–Trinajstić information content (AvgIpc) is 2.68. The SMILES string of the molecule is c1ccc2c(CC3CCCNCC3)ccnc2c1. The Hall–Kier alpha value is -1.41. The zero-order valence-corrected chi connectivity index (χ0v) is 10.7. The Labute approximate surface area is 108 Å². The van der Waals surface area contributed by atoms with Gasteiger partial charge in [0.2, 0.25) is 0 Å². The van der Waals surface area contributed by atoms with Crippen molar-refractivity contribution in [3.05, 3.63) is 42.1 Å². The molecule has 1 saturated heterocycles. The Bertz CT molecular complexity index is 508. The van der Waals surface area contributed by atoms with Gasteiger partial charge in [0, 0.05) is 11.6 Å². The van der Waals surface area contributed by atoms with E-state index in [0.29, 0.717) is 0 Å². The number of pyridine rings is 1. The largest absolute Gasteiger partial charge is 0.317 e. The summed E-state index contributed by atoms with van der Waals surface area (Å²) in [7, 11) is 0. The molecule has 94 valence electrons. The molecule has 1 N–H and O–H groups in total. The highest BCUT2D eigenvalue weighted by molar-refractivity contribution is 5.81. The Balaban J connectivity index is 1.85. The molecule has 0 saturated carbocycles. The third kappa shape index (κ3) is 2.54. The molecular formula is C16H20N2. The van der Waals surface area contributed by atoms with Gasteiger partial charge in [-0.1, -0.05) is 18.2 Å². The molecule has 1 aromatic heterocycles. The van der Waals surface area contributed by atoms with Crippen LogP contribution >= 0.6 is 0 Å². The van der Waals surface area contributed by atoms with Crippen LogP contribution in [0.15, 0.2) is 36.5 Å². The van der Waals surface area contributed by atoms with E-state index in [1.165, 1.54) is 49.7 Å². The van der Waals surface area contributed by atoms with Crippen molar-refractivity contribution in [2.75, 3.05) is 13.1 Å². The third-order valence-electron chi connectivity index (χ3n) is 3.94. The first-order chi connectivity index (χ1) is 8.93. The van der Waals surface area contributed by atoms with Gasteiger partial charge in [0.25, 0.3) is 0 Å². The molecule has 1 aliphatic heterocycles. The van der Waals surface area contributed by atoms with E-state index in [1.807, 2.05) is 6.20 Å². The summed E-state index contributed by atoms with van der Waals surface area (Å²) in [5.41, 5.74) is 2.59. The van der Waals surface area contributed by atoms with E-state index < -0.39 is 0 Å². The first-order valence-corrected chi connectivity index (χ1v) is 6.97. The molecule has 1 fully saturated rings. The van der Waals surface area contributed by atoms with E-state index in [1.54, 1.807) is 0 Å². The normalized spacial score (nSPS) is 20.8. The second-order valence-corrected chi connectivity index (χ2v) is 5.24. The number of nitrogens with zero attached hydrogens (tertiary/aromatic N) is 1. The van der Waals surface area contributed by atoms with Crippen molar-refractivity contribution in [1.29, 1.82) is 0 Å². The summed E-state index contributed by atoms with van der Waals surface area (Å²) in [4.78, 5) is 4.44. The monoisotopic (exact) mass is 240 g/mol. The molecule has 1 aromatic carbocycles. The number of fused-ring (bicyclic) bond motifs is 1. The lowest BCUT2D eigenvalue weighted by Gasteiger charge is -2.14. The van der Waals surface area contributed by atoms with Gasteiger partial charge < -0.3 is 5.32 Å². The number of benzene rings is 1. The molecule has 0 amide bonds. The van der Waals surface area contributed by atoms with E-state index >= 15 is 0 Å². The summed E-state index contributed by atoms with van der Waals surface area (Å²) in [5, 5.41) is 4.82. The van der Waals surface area contributed by atoms with Crippen LogP contribution in [0.5, 0.6) is 0 Å². The zero-order chi connectivity index (χ0) is 12.2. The van der Waals surface area contributed by atoms with Crippen molar-refractivity contribution >= 4 is 10.9 Å². The maximum atomic E-state index is 4.44. The summed E-state index contributed by atoms with van der Waals surface area (Å²) in [6.45, 7) is 2.36. The summed E-state index contributed by atoms with van der Waals surface area (Å²) in [5.74, 6) is 0.825. The Morgan fingerprint density at radius 1 is 1.11 bits per heavy atom. The number of aromatic nitrogens is 1. The third-order valence-corrected chi connectivity index (χ3v) is 3.94. The van der Waals surface area contributed by atoms with Crippen LogP contribution < -0.4 is 5.32 Å². The lowest BCUT2D eigenvalue weighted by atomic mass is 9.91. The molecule has 2 heterocycles. The van der Waals surface area contributed by atoms with Gasteiger partial charge in [0.1, 0.15) is 0 Å². The van der Waals surface area contributed by atoms with Gasteiger partial charge in [0.15, 0.2) is 0 Å². The lowest BCUT2D eigenvalue weighted by Crippen LogP contribution is -2.14. The van der Waals surface area contributed by atoms with E-state index in [9.17, 15) is 0 Å². The molecule has 2 aromatic rings.